The van der Waals surface area contributed by atoms with Gasteiger partial charge in [0.2, 0.25) is 5.95 Å². The molecule has 2 aromatic rings. The average molecular weight is 340 g/mol. The molecule has 25 heavy (non-hydrogen) atoms. The highest BCUT2D eigenvalue weighted by molar-refractivity contribution is 5.92. The predicted molar refractivity (Wildman–Crippen MR) is 89.8 cm³/mol. The van der Waals surface area contributed by atoms with Gasteiger partial charge >= 0.3 is 0 Å². The van der Waals surface area contributed by atoms with Crippen molar-refractivity contribution in [3.63, 3.8) is 0 Å². The summed E-state index contributed by atoms with van der Waals surface area (Å²) in [6, 6.07) is 1.88. The highest BCUT2D eigenvalue weighted by atomic mass is 16.5. The second kappa shape index (κ2) is 7.10. The van der Waals surface area contributed by atoms with Crippen molar-refractivity contribution < 1.29 is 9.53 Å². The van der Waals surface area contributed by atoms with Crippen LogP contribution in [0.1, 0.15) is 23.3 Å². The molecule has 3 atom stereocenters. The summed E-state index contributed by atoms with van der Waals surface area (Å²) in [6.45, 7) is 1.88. The lowest BCUT2D eigenvalue weighted by Gasteiger charge is -2.39. The van der Waals surface area contributed by atoms with E-state index in [2.05, 4.69) is 25.3 Å². The van der Waals surface area contributed by atoms with E-state index in [1.165, 1.54) is 6.20 Å². The van der Waals surface area contributed by atoms with Crippen molar-refractivity contribution in [2.45, 2.75) is 25.0 Å². The highest BCUT2D eigenvalue weighted by Crippen LogP contribution is 2.35. The lowest BCUT2D eigenvalue weighted by Crippen LogP contribution is -2.53. The number of aromatic nitrogens is 4. The van der Waals surface area contributed by atoms with Crippen LogP contribution in [-0.2, 0) is 4.74 Å². The number of rotatable bonds is 4. The maximum absolute atomic E-state index is 12.8. The first-order chi connectivity index (χ1) is 12.3. The van der Waals surface area contributed by atoms with E-state index in [1.54, 1.807) is 30.9 Å². The maximum Gasteiger partial charge on any atom is 0.274 e. The Labute approximate surface area is 145 Å². The van der Waals surface area contributed by atoms with Gasteiger partial charge in [0.15, 0.2) is 0 Å². The number of carbonyl (C=O) groups is 1. The molecule has 4 rings (SSSR count). The molecule has 8 nitrogen and oxygen atoms in total. The van der Waals surface area contributed by atoms with Gasteiger partial charge in [-0.2, -0.15) is 0 Å². The van der Waals surface area contributed by atoms with E-state index in [0.717, 1.165) is 19.4 Å². The Morgan fingerprint density at radius 3 is 2.88 bits per heavy atom. The minimum atomic E-state index is -0.0635. The molecule has 1 saturated heterocycles. The Hall–Kier alpha value is -2.61. The van der Waals surface area contributed by atoms with Crippen LogP contribution in [0.3, 0.4) is 0 Å². The third-order valence-corrected chi connectivity index (χ3v) is 4.85. The van der Waals surface area contributed by atoms with Crippen LogP contribution in [0.25, 0.3) is 0 Å². The smallest absolute Gasteiger partial charge is 0.274 e. The zero-order valence-corrected chi connectivity index (χ0v) is 13.8. The molecule has 0 bridgehead atoms. The standard InChI is InChI=1S/C17H20N6O2/c24-16(13-11-18-6-7-19-13)23-8-9-25-15-12(2-3-14(15)23)10-22-17-20-4-1-5-21-17/h1,4-7,11-12,14-15H,2-3,8-10H2,(H,20,21,22). The Morgan fingerprint density at radius 1 is 1.20 bits per heavy atom. The Kier molecular flexibility index (Phi) is 4.51. The number of ether oxygens (including phenoxy) is 1. The SMILES string of the molecule is O=C(c1cnccn1)N1CCOC2C(CNc3ncccn3)CCC21. The molecule has 0 aromatic carbocycles. The third-order valence-electron chi connectivity index (χ3n) is 4.85. The lowest BCUT2D eigenvalue weighted by molar-refractivity contribution is -0.0604. The van der Waals surface area contributed by atoms with E-state index in [-0.39, 0.29) is 18.1 Å². The molecule has 1 aliphatic carbocycles. The van der Waals surface area contributed by atoms with E-state index in [1.807, 2.05) is 4.90 Å². The quantitative estimate of drug-likeness (QED) is 0.887. The van der Waals surface area contributed by atoms with E-state index in [9.17, 15) is 4.79 Å². The molecule has 130 valence electrons. The third kappa shape index (κ3) is 3.30. The molecule has 2 aromatic heterocycles. The van der Waals surface area contributed by atoms with E-state index in [4.69, 9.17) is 4.74 Å². The van der Waals surface area contributed by atoms with Crippen LogP contribution in [-0.4, -0.2) is 62.6 Å². The first-order valence-electron chi connectivity index (χ1n) is 8.52. The summed E-state index contributed by atoms with van der Waals surface area (Å²) in [5, 5.41) is 3.27. The molecular weight excluding hydrogens is 320 g/mol. The van der Waals surface area contributed by atoms with Crippen LogP contribution in [0.5, 0.6) is 0 Å². The summed E-state index contributed by atoms with van der Waals surface area (Å²) in [7, 11) is 0. The minimum absolute atomic E-state index is 0.0329. The number of carbonyl (C=O) groups excluding carboxylic acids is 1. The summed E-state index contributed by atoms with van der Waals surface area (Å²) in [6.07, 6.45) is 10.0. The highest BCUT2D eigenvalue weighted by Gasteiger charge is 2.44. The van der Waals surface area contributed by atoms with Gasteiger partial charge in [-0.15, -0.1) is 0 Å². The number of anilines is 1. The van der Waals surface area contributed by atoms with Crippen LogP contribution >= 0.6 is 0 Å². The van der Waals surface area contributed by atoms with E-state index < -0.39 is 0 Å². The van der Waals surface area contributed by atoms with Crippen molar-refractivity contribution in [2.75, 3.05) is 25.0 Å². The van der Waals surface area contributed by atoms with Crippen molar-refractivity contribution in [3.8, 4) is 0 Å². The van der Waals surface area contributed by atoms with Gasteiger partial charge in [0.25, 0.3) is 5.91 Å². The normalized spacial score (nSPS) is 25.4. The molecule has 3 heterocycles. The van der Waals surface area contributed by atoms with Crippen LogP contribution in [0.4, 0.5) is 5.95 Å². The average Bonchev–Trinajstić information content (AvgIpc) is 3.10. The fourth-order valence-electron chi connectivity index (χ4n) is 3.70. The number of fused-ring (bicyclic) bond motifs is 1. The molecule has 8 heteroatoms. The summed E-state index contributed by atoms with van der Waals surface area (Å²) in [5.41, 5.74) is 0.391. The molecule has 2 aliphatic rings. The largest absolute Gasteiger partial charge is 0.374 e. The number of amides is 1. The second-order valence-electron chi connectivity index (χ2n) is 6.28. The molecule has 1 amide bonds. The van der Waals surface area contributed by atoms with Gasteiger partial charge in [0.05, 0.1) is 24.9 Å². The Balaban J connectivity index is 1.42. The fraction of sp³-hybridized carbons (Fsp3) is 0.471. The molecular formula is C17H20N6O2. The molecule has 1 saturated carbocycles. The molecule has 0 spiro atoms. The predicted octanol–water partition coefficient (Wildman–Crippen LogP) is 0.998. The maximum atomic E-state index is 12.8. The zero-order valence-electron chi connectivity index (χ0n) is 13.8. The van der Waals surface area contributed by atoms with Crippen molar-refractivity contribution in [1.29, 1.82) is 0 Å². The summed E-state index contributed by atoms with van der Waals surface area (Å²) in [4.78, 5) is 31.2. The van der Waals surface area contributed by atoms with Gasteiger partial charge in [-0.1, -0.05) is 0 Å². The van der Waals surface area contributed by atoms with Crippen molar-refractivity contribution in [3.05, 3.63) is 42.7 Å². The van der Waals surface area contributed by atoms with E-state index >= 15 is 0 Å². The van der Waals surface area contributed by atoms with Crippen LogP contribution in [0.2, 0.25) is 0 Å². The van der Waals surface area contributed by atoms with Crippen molar-refractivity contribution in [2.24, 2.45) is 5.92 Å². The molecule has 1 N–H and O–H groups in total. The van der Waals surface area contributed by atoms with Crippen LogP contribution < -0.4 is 5.32 Å². The zero-order chi connectivity index (χ0) is 17.1. The van der Waals surface area contributed by atoms with Crippen LogP contribution in [0.15, 0.2) is 37.1 Å². The molecule has 3 unspecified atom stereocenters. The first kappa shape index (κ1) is 15.9. The molecule has 0 radical (unpaired) electrons. The van der Waals surface area contributed by atoms with Crippen molar-refractivity contribution >= 4 is 11.9 Å². The Morgan fingerprint density at radius 2 is 2.08 bits per heavy atom. The summed E-state index contributed by atoms with van der Waals surface area (Å²) in [5.74, 6) is 0.881. The number of nitrogens with one attached hydrogen (secondary N) is 1. The number of morpholine rings is 1. The van der Waals surface area contributed by atoms with Gasteiger partial charge in [0, 0.05) is 43.8 Å². The number of hydrogen-bond donors (Lipinski definition) is 1. The van der Waals surface area contributed by atoms with Gasteiger partial charge in [-0.25, -0.2) is 15.0 Å². The second-order valence-corrected chi connectivity index (χ2v) is 6.28. The van der Waals surface area contributed by atoms with Crippen molar-refractivity contribution in [1.82, 2.24) is 24.8 Å². The summed E-state index contributed by atoms with van der Waals surface area (Å²) < 4.78 is 6.01. The van der Waals surface area contributed by atoms with Gasteiger partial charge in [-0.3, -0.25) is 9.78 Å². The van der Waals surface area contributed by atoms with E-state index in [0.29, 0.717) is 30.7 Å². The molecule has 2 fully saturated rings. The first-order valence-corrected chi connectivity index (χ1v) is 8.52. The number of hydrogen-bond acceptors (Lipinski definition) is 7. The van der Waals surface area contributed by atoms with Gasteiger partial charge in [0.1, 0.15) is 5.69 Å². The Bertz CT molecular complexity index is 714. The van der Waals surface area contributed by atoms with Gasteiger partial charge < -0.3 is 15.0 Å². The van der Waals surface area contributed by atoms with Crippen LogP contribution in [0, 0.1) is 5.92 Å². The summed E-state index contributed by atoms with van der Waals surface area (Å²) >= 11 is 0. The lowest BCUT2D eigenvalue weighted by atomic mass is 10.0. The molecule has 1 aliphatic heterocycles. The minimum Gasteiger partial charge on any atom is -0.374 e. The monoisotopic (exact) mass is 340 g/mol. The topological polar surface area (TPSA) is 93.1 Å². The van der Waals surface area contributed by atoms with Gasteiger partial charge in [-0.05, 0) is 18.9 Å². The fourth-order valence-corrected chi connectivity index (χ4v) is 3.70. The number of nitrogens with zero attached hydrogens (tertiary/aromatic N) is 5.